The van der Waals surface area contributed by atoms with Crippen LogP contribution in [0.2, 0.25) is 0 Å². The highest BCUT2D eigenvalue weighted by Gasteiger charge is 2.30. The molecule has 2 atom stereocenters. The van der Waals surface area contributed by atoms with Crippen molar-refractivity contribution in [3.63, 3.8) is 0 Å². The molecule has 1 amide bonds. The molecule has 0 aromatic heterocycles. The first-order valence-electron chi connectivity index (χ1n) is 5.84. The zero-order valence-corrected chi connectivity index (χ0v) is 10.9. The van der Waals surface area contributed by atoms with Crippen molar-refractivity contribution in [3.05, 3.63) is 29.8 Å². The van der Waals surface area contributed by atoms with Gasteiger partial charge in [-0.3, -0.25) is 10.2 Å². The summed E-state index contributed by atoms with van der Waals surface area (Å²) in [6, 6.07) is 3.46. The maximum Gasteiger partial charge on any atom is 0.263 e. The number of ether oxygens (including phenoxy) is 1. The second kappa shape index (κ2) is 6.31. The molecule has 0 spiro atoms. The fourth-order valence-corrected chi connectivity index (χ4v) is 2.86. The number of thioether (sulfide) groups is 1. The van der Waals surface area contributed by atoms with Gasteiger partial charge in [-0.25, -0.2) is 14.6 Å². The number of nitrogens with one attached hydrogen (secondary N) is 1. The smallest absolute Gasteiger partial charge is 0.263 e. The first-order chi connectivity index (χ1) is 9.10. The third-order valence-corrected chi connectivity index (χ3v) is 4.04. The molecular weight excluding hydrogens is 274 g/mol. The van der Waals surface area contributed by atoms with Gasteiger partial charge in [-0.2, -0.15) is 0 Å². The number of hydrogen-bond acceptors (Lipinski definition) is 4. The van der Waals surface area contributed by atoms with Gasteiger partial charge in [0.2, 0.25) is 0 Å². The predicted octanol–water partition coefficient (Wildman–Crippen LogP) is 1.59. The lowest BCUT2D eigenvalue weighted by Crippen LogP contribution is -2.39. The van der Waals surface area contributed by atoms with Gasteiger partial charge in [0, 0.05) is 16.7 Å². The van der Waals surface area contributed by atoms with Crippen LogP contribution < -0.4 is 11.3 Å². The summed E-state index contributed by atoms with van der Waals surface area (Å²) < 4.78 is 31.6. The number of nitrogens with two attached hydrogens (primary N) is 1. The zero-order chi connectivity index (χ0) is 13.8. The van der Waals surface area contributed by atoms with Crippen molar-refractivity contribution in [2.45, 2.75) is 29.9 Å². The van der Waals surface area contributed by atoms with Crippen molar-refractivity contribution in [3.8, 4) is 0 Å². The van der Waals surface area contributed by atoms with Gasteiger partial charge in [0.1, 0.15) is 17.7 Å². The summed E-state index contributed by atoms with van der Waals surface area (Å²) in [6.45, 7) is 0. The van der Waals surface area contributed by atoms with Crippen molar-refractivity contribution in [1.29, 1.82) is 0 Å². The van der Waals surface area contributed by atoms with Crippen LogP contribution in [0, 0.1) is 11.6 Å². The Morgan fingerprint density at radius 1 is 1.47 bits per heavy atom. The molecule has 1 heterocycles. The molecule has 1 fully saturated rings. The minimum atomic E-state index is -0.598. The van der Waals surface area contributed by atoms with Gasteiger partial charge in [-0.05, 0) is 25.0 Å². The summed E-state index contributed by atoms with van der Waals surface area (Å²) in [4.78, 5) is 11.6. The predicted molar refractivity (Wildman–Crippen MR) is 67.3 cm³/mol. The number of carbonyl (C=O) groups excluding carboxylic acids is 1. The molecule has 1 saturated heterocycles. The molecule has 0 aliphatic carbocycles. The van der Waals surface area contributed by atoms with Crippen molar-refractivity contribution in [2.75, 3.05) is 5.75 Å². The van der Waals surface area contributed by atoms with E-state index in [1.54, 1.807) is 0 Å². The zero-order valence-electron chi connectivity index (χ0n) is 10.1. The van der Waals surface area contributed by atoms with Crippen LogP contribution >= 0.6 is 11.8 Å². The SMILES string of the molecule is NNC(=O)C1CCC(CSc2ccc(F)cc2F)O1. The molecule has 19 heavy (non-hydrogen) atoms. The van der Waals surface area contributed by atoms with Crippen LogP contribution in [0.3, 0.4) is 0 Å². The van der Waals surface area contributed by atoms with E-state index in [4.69, 9.17) is 10.6 Å². The molecular formula is C12H14F2N2O2S. The van der Waals surface area contributed by atoms with Gasteiger partial charge >= 0.3 is 0 Å². The Labute approximate surface area is 113 Å². The lowest BCUT2D eigenvalue weighted by atomic mass is 10.2. The molecule has 7 heteroatoms. The van der Waals surface area contributed by atoms with Crippen LogP contribution in [-0.4, -0.2) is 23.9 Å². The molecule has 2 rings (SSSR count). The summed E-state index contributed by atoms with van der Waals surface area (Å²) >= 11 is 1.24. The average Bonchev–Trinajstić information content (AvgIpc) is 2.85. The molecule has 3 N–H and O–H groups in total. The topological polar surface area (TPSA) is 64.3 Å². The maximum atomic E-state index is 13.4. The first kappa shape index (κ1) is 14.2. The van der Waals surface area contributed by atoms with Gasteiger partial charge < -0.3 is 4.74 Å². The Balaban J connectivity index is 1.85. The van der Waals surface area contributed by atoms with Gasteiger partial charge in [0.05, 0.1) is 6.10 Å². The molecule has 1 aliphatic heterocycles. The Bertz CT molecular complexity index is 473. The van der Waals surface area contributed by atoms with Crippen LogP contribution in [0.4, 0.5) is 8.78 Å². The number of hydrazine groups is 1. The average molecular weight is 288 g/mol. The van der Waals surface area contributed by atoms with Crippen molar-refractivity contribution in [2.24, 2.45) is 5.84 Å². The highest BCUT2D eigenvalue weighted by molar-refractivity contribution is 7.99. The van der Waals surface area contributed by atoms with Gasteiger partial charge in [-0.15, -0.1) is 11.8 Å². The van der Waals surface area contributed by atoms with E-state index < -0.39 is 17.7 Å². The minimum absolute atomic E-state index is 0.128. The van der Waals surface area contributed by atoms with E-state index in [0.717, 1.165) is 6.07 Å². The summed E-state index contributed by atoms with van der Waals surface area (Å²) in [7, 11) is 0. The van der Waals surface area contributed by atoms with E-state index in [2.05, 4.69) is 0 Å². The largest absolute Gasteiger partial charge is 0.364 e. The summed E-state index contributed by atoms with van der Waals surface area (Å²) in [5.41, 5.74) is 2.04. The van der Waals surface area contributed by atoms with E-state index in [-0.39, 0.29) is 12.0 Å². The maximum absolute atomic E-state index is 13.4. The Hall–Kier alpha value is -1.18. The Kier molecular flexibility index (Phi) is 4.73. The molecule has 4 nitrogen and oxygen atoms in total. The summed E-state index contributed by atoms with van der Waals surface area (Å²) in [5.74, 6) is 4.01. The van der Waals surface area contributed by atoms with E-state index in [1.165, 1.54) is 23.9 Å². The van der Waals surface area contributed by atoms with Crippen molar-refractivity contribution in [1.82, 2.24) is 5.43 Å². The molecule has 104 valence electrons. The number of hydrogen-bond donors (Lipinski definition) is 2. The standard InChI is InChI=1S/C12H14F2N2O2S/c13-7-1-4-11(9(14)5-7)19-6-8-2-3-10(18-8)12(17)16-15/h1,4-5,8,10H,2-3,6,15H2,(H,16,17). The first-order valence-corrected chi connectivity index (χ1v) is 6.82. The summed E-state index contributed by atoms with van der Waals surface area (Å²) in [5, 5.41) is 0. The van der Waals surface area contributed by atoms with E-state index >= 15 is 0 Å². The van der Waals surface area contributed by atoms with E-state index in [0.29, 0.717) is 23.5 Å². The third-order valence-electron chi connectivity index (χ3n) is 2.86. The molecule has 0 saturated carbocycles. The highest BCUT2D eigenvalue weighted by atomic mass is 32.2. The number of carbonyl (C=O) groups is 1. The fourth-order valence-electron chi connectivity index (χ4n) is 1.89. The van der Waals surface area contributed by atoms with E-state index in [9.17, 15) is 13.6 Å². The molecule has 0 bridgehead atoms. The van der Waals surface area contributed by atoms with Gasteiger partial charge in [0.25, 0.3) is 5.91 Å². The minimum Gasteiger partial charge on any atom is -0.364 e. The Morgan fingerprint density at radius 3 is 2.95 bits per heavy atom. The molecule has 1 aromatic carbocycles. The van der Waals surface area contributed by atoms with Gasteiger partial charge in [0.15, 0.2) is 0 Å². The number of benzene rings is 1. The quantitative estimate of drug-likeness (QED) is 0.382. The molecule has 0 radical (unpaired) electrons. The lowest BCUT2D eigenvalue weighted by Gasteiger charge is -2.12. The van der Waals surface area contributed by atoms with Gasteiger partial charge in [-0.1, -0.05) is 0 Å². The Morgan fingerprint density at radius 2 is 2.26 bits per heavy atom. The van der Waals surface area contributed by atoms with E-state index in [1.807, 2.05) is 5.43 Å². The third kappa shape index (κ3) is 3.65. The molecule has 2 unspecified atom stereocenters. The van der Waals surface area contributed by atoms with Crippen LogP contribution in [0.1, 0.15) is 12.8 Å². The van der Waals surface area contributed by atoms with Crippen molar-refractivity contribution < 1.29 is 18.3 Å². The monoisotopic (exact) mass is 288 g/mol. The lowest BCUT2D eigenvalue weighted by molar-refractivity contribution is -0.131. The number of halogens is 2. The van der Waals surface area contributed by atoms with Crippen LogP contribution in [0.15, 0.2) is 23.1 Å². The second-order valence-corrected chi connectivity index (χ2v) is 5.28. The summed E-state index contributed by atoms with van der Waals surface area (Å²) in [6.07, 6.45) is 0.652. The number of rotatable bonds is 4. The van der Waals surface area contributed by atoms with Crippen LogP contribution in [-0.2, 0) is 9.53 Å². The molecule has 1 aromatic rings. The number of amides is 1. The second-order valence-electron chi connectivity index (χ2n) is 4.22. The van der Waals surface area contributed by atoms with Crippen LogP contribution in [0.5, 0.6) is 0 Å². The highest BCUT2D eigenvalue weighted by Crippen LogP contribution is 2.28. The fraction of sp³-hybridized carbons (Fsp3) is 0.417. The normalized spacial score (nSPS) is 22.5. The van der Waals surface area contributed by atoms with Crippen molar-refractivity contribution >= 4 is 17.7 Å². The van der Waals surface area contributed by atoms with Crippen LogP contribution in [0.25, 0.3) is 0 Å². The molecule has 1 aliphatic rings.